The minimum absolute atomic E-state index is 0. The number of hydrogen-bond acceptors (Lipinski definition) is 12. The summed E-state index contributed by atoms with van der Waals surface area (Å²) in [6, 6.07) is 0.557. The van der Waals surface area contributed by atoms with Gasteiger partial charge >= 0.3 is 52.2 Å². The van der Waals surface area contributed by atoms with Crippen LogP contribution >= 0.6 is 33.3 Å². The van der Waals surface area contributed by atoms with Crippen molar-refractivity contribution in [3.05, 3.63) is 6.42 Å². The van der Waals surface area contributed by atoms with Gasteiger partial charge in [0.15, 0.2) is 0 Å². The third-order valence-electron chi connectivity index (χ3n) is 4.94. The van der Waals surface area contributed by atoms with Gasteiger partial charge < -0.3 is 25.6 Å². The fourth-order valence-corrected chi connectivity index (χ4v) is 6.89. The smallest absolute Gasteiger partial charge is 0.333 e. The molecule has 0 radical (unpaired) electrons. The summed E-state index contributed by atoms with van der Waals surface area (Å²) in [6.45, 7) is 1.88. The summed E-state index contributed by atoms with van der Waals surface area (Å²) in [5, 5.41) is 10.5. The van der Waals surface area contributed by atoms with E-state index >= 15 is 0 Å². The van der Waals surface area contributed by atoms with Crippen molar-refractivity contribution in [2.45, 2.75) is 49.4 Å². The zero-order valence-electron chi connectivity index (χ0n) is 19.2. The van der Waals surface area contributed by atoms with Crippen molar-refractivity contribution in [1.29, 1.82) is 0 Å². The van der Waals surface area contributed by atoms with Gasteiger partial charge in [-0.1, -0.05) is 34.4 Å². The van der Waals surface area contributed by atoms with Crippen LogP contribution in [0.3, 0.4) is 0 Å². The number of carbonyl (C=O) groups excluding carboxylic acids is 4. The largest absolute Gasteiger partial charge is 1.00 e. The molecule has 3 aliphatic heterocycles. The van der Waals surface area contributed by atoms with Gasteiger partial charge in [0.1, 0.15) is 5.91 Å². The maximum absolute atomic E-state index is 11.7. The molecule has 0 saturated carbocycles. The Balaban J connectivity index is 0.00000114. The van der Waals surface area contributed by atoms with Crippen LogP contribution in [0.1, 0.15) is 32.1 Å². The monoisotopic (exact) mass is 578 g/mol. The molecule has 1 unspecified atom stereocenters. The molecule has 0 aromatic carbocycles. The van der Waals surface area contributed by atoms with Gasteiger partial charge in [-0.05, 0) is 19.4 Å². The summed E-state index contributed by atoms with van der Waals surface area (Å²) in [6.07, 6.45) is 4.73. The number of urea groups is 1. The van der Waals surface area contributed by atoms with E-state index in [0.29, 0.717) is 22.1 Å². The van der Waals surface area contributed by atoms with E-state index in [1.54, 1.807) is 21.6 Å². The molecule has 0 spiro atoms. The first kappa shape index (κ1) is 32.4. The number of nitrogens with one attached hydrogen (secondary N) is 3. The van der Waals surface area contributed by atoms with Crippen molar-refractivity contribution in [2.75, 3.05) is 30.3 Å². The summed E-state index contributed by atoms with van der Waals surface area (Å²) in [5.74, 6) is 0.850. The number of thioether (sulfide) groups is 1. The third-order valence-corrected chi connectivity index (χ3v) is 8.85. The second-order valence-corrected chi connectivity index (χ2v) is 11.7. The molecule has 35 heavy (non-hydrogen) atoms. The summed E-state index contributed by atoms with van der Waals surface area (Å²) >= 11 is 1.95. The molecule has 3 saturated heterocycles. The fraction of sp³-hybridized carbons (Fsp3) is 0.722. The maximum atomic E-state index is 11.7. The summed E-state index contributed by atoms with van der Waals surface area (Å²) in [7, 11) is 0.137. The molecule has 0 aromatic heterocycles. The molecule has 0 aromatic rings. The first-order chi connectivity index (χ1) is 16.3. The second kappa shape index (κ2) is 17.8. The Morgan fingerprint density at radius 2 is 1.86 bits per heavy atom. The number of imide groups is 1. The topological polar surface area (TPSA) is 168 Å². The first-order valence-corrected chi connectivity index (χ1v) is 15.1. The molecule has 3 fully saturated rings. The Kier molecular flexibility index (Phi) is 16.5. The van der Waals surface area contributed by atoms with Crippen molar-refractivity contribution in [2.24, 2.45) is 0 Å². The third kappa shape index (κ3) is 12.5. The van der Waals surface area contributed by atoms with Crippen LogP contribution in [-0.2, 0) is 29.8 Å². The van der Waals surface area contributed by atoms with E-state index in [4.69, 9.17) is 17.5 Å². The Morgan fingerprint density at radius 1 is 1.14 bits per heavy atom. The molecule has 3 heterocycles. The first-order valence-electron chi connectivity index (χ1n) is 10.6. The quantitative estimate of drug-likeness (QED) is 0.0510. The van der Waals surface area contributed by atoms with Crippen LogP contribution in [0, 0.1) is 6.42 Å². The van der Waals surface area contributed by atoms with Crippen LogP contribution in [0.25, 0.3) is 0 Å². The maximum Gasteiger partial charge on any atom is 1.00 e. The molecular formula is C18H27N4NaO8S4. The van der Waals surface area contributed by atoms with Crippen LogP contribution in [0.2, 0.25) is 0 Å². The number of hydrogen-bond donors (Lipinski definition) is 3. The Bertz CT molecular complexity index is 828. The van der Waals surface area contributed by atoms with Crippen LogP contribution in [0.15, 0.2) is 0 Å². The van der Waals surface area contributed by atoms with Crippen molar-refractivity contribution in [3.8, 4) is 0 Å². The second-order valence-electron chi connectivity index (χ2n) is 7.36. The van der Waals surface area contributed by atoms with E-state index in [0.717, 1.165) is 43.9 Å². The van der Waals surface area contributed by atoms with Crippen LogP contribution in [0.5, 0.6) is 0 Å². The van der Waals surface area contributed by atoms with Crippen molar-refractivity contribution < 1.29 is 66.2 Å². The molecule has 3 atom stereocenters. The Labute approximate surface area is 239 Å². The average Bonchev–Trinajstić information content (AvgIpc) is 3.42. The van der Waals surface area contributed by atoms with Crippen molar-refractivity contribution in [3.63, 3.8) is 0 Å². The van der Waals surface area contributed by atoms with Gasteiger partial charge in [-0.2, -0.15) is 11.8 Å². The van der Waals surface area contributed by atoms with E-state index in [-0.39, 0.29) is 54.5 Å². The molecule has 12 nitrogen and oxygen atoms in total. The van der Waals surface area contributed by atoms with Gasteiger partial charge in [-0.15, -0.1) is 17.7 Å². The standard InChI is InChI=1S/C18H27N4O5S3.Na.O3S/c23-14-4-5-15(24)22(14)27-16(25)6-9-29-30-10-8-19-7-2-1-3-13-17-12(11-28-13)20-18(26)21-17;;1-4(2)3/h4,12-13,17,19H,1-3,5-11H2,(H2,20,21,26);;/q-1;+1;/t12-,13?,17-;;/m0../s1. The molecule has 4 amide bonds. The minimum atomic E-state index is -3.11. The molecule has 3 aliphatic rings. The van der Waals surface area contributed by atoms with Crippen molar-refractivity contribution in [1.82, 2.24) is 21.0 Å². The number of amides is 4. The number of hydroxylamine groups is 2. The number of unbranched alkanes of at least 4 members (excludes halogenated alkanes) is 1. The molecule has 17 heteroatoms. The summed E-state index contributed by atoms with van der Waals surface area (Å²) in [4.78, 5) is 50.5. The molecular weight excluding hydrogens is 551 g/mol. The number of fused-ring (bicyclic) bond motifs is 1. The van der Waals surface area contributed by atoms with Crippen molar-refractivity contribution >= 4 is 67.8 Å². The molecule has 0 bridgehead atoms. The van der Waals surface area contributed by atoms with Gasteiger partial charge in [0, 0.05) is 29.1 Å². The minimum Gasteiger partial charge on any atom is -0.333 e. The molecule has 0 aliphatic carbocycles. The molecule has 192 valence electrons. The van der Waals surface area contributed by atoms with Gasteiger partial charge in [0.25, 0.3) is 0 Å². The van der Waals surface area contributed by atoms with E-state index in [2.05, 4.69) is 16.0 Å². The number of rotatable bonds is 13. The average molecular weight is 579 g/mol. The number of nitrogens with zero attached hydrogens (tertiary/aromatic N) is 1. The Morgan fingerprint density at radius 3 is 2.54 bits per heavy atom. The van der Waals surface area contributed by atoms with Gasteiger partial charge in [-0.3, -0.25) is 11.2 Å². The van der Waals surface area contributed by atoms with Gasteiger partial charge in [-0.25, -0.2) is 9.59 Å². The van der Waals surface area contributed by atoms with Gasteiger partial charge in [0.2, 0.25) is 5.91 Å². The fourth-order valence-electron chi connectivity index (χ4n) is 3.43. The SMILES string of the molecule is O=C1N[C@H]2CSC(CCCCNCCSSCCC(=O)ON3C(=O)[CH-]CC3=O)[C@H]2N1.O=S(=O)=O.[Na+]. The summed E-state index contributed by atoms with van der Waals surface area (Å²) in [5.41, 5.74) is 0. The van der Waals surface area contributed by atoms with E-state index in [1.807, 2.05) is 11.8 Å². The normalized spacial score (nSPS) is 22.2. The molecule has 3 rings (SSSR count). The zero-order chi connectivity index (χ0) is 24.9. The Hall–Kier alpha value is -0.620. The summed E-state index contributed by atoms with van der Waals surface area (Å²) < 4.78 is 25.3. The zero-order valence-corrected chi connectivity index (χ0v) is 24.5. The van der Waals surface area contributed by atoms with E-state index in [9.17, 15) is 19.2 Å². The van der Waals surface area contributed by atoms with Gasteiger partial charge in [0.05, 0.1) is 18.5 Å². The van der Waals surface area contributed by atoms with Crippen LogP contribution < -0.4 is 45.5 Å². The van der Waals surface area contributed by atoms with Crippen LogP contribution in [-0.4, -0.2) is 89.2 Å². The van der Waals surface area contributed by atoms with E-state index in [1.165, 1.54) is 6.42 Å². The number of carbonyl (C=O) groups is 4. The predicted molar refractivity (Wildman–Crippen MR) is 128 cm³/mol. The van der Waals surface area contributed by atoms with Crippen LogP contribution in [0.4, 0.5) is 4.79 Å². The predicted octanol–water partition coefficient (Wildman–Crippen LogP) is -2.90. The molecule has 3 N–H and O–H groups in total. The van der Waals surface area contributed by atoms with E-state index < -0.39 is 28.4 Å².